The van der Waals surface area contributed by atoms with Crippen LogP contribution >= 0.6 is 0 Å². The maximum Gasteiger partial charge on any atom is 0.241 e. The summed E-state index contributed by atoms with van der Waals surface area (Å²) in [4.78, 5) is 14.7. The Kier molecular flexibility index (Phi) is 5.56. The highest BCUT2D eigenvalue weighted by Gasteiger charge is 2.29. The van der Waals surface area contributed by atoms with Crippen molar-refractivity contribution in [3.63, 3.8) is 0 Å². The number of hydrogen-bond donors (Lipinski definition) is 2. The van der Waals surface area contributed by atoms with E-state index in [9.17, 15) is 4.79 Å². The van der Waals surface area contributed by atoms with E-state index in [-0.39, 0.29) is 11.9 Å². The van der Waals surface area contributed by atoms with Gasteiger partial charge >= 0.3 is 0 Å². The van der Waals surface area contributed by atoms with Crippen LogP contribution in [0.25, 0.3) is 0 Å². The summed E-state index contributed by atoms with van der Waals surface area (Å²) < 4.78 is 0. The molecule has 0 spiro atoms. The SMILES string of the molecule is CNCC1CCCCN1C(C)C(=O)Nc1ccccc1. The van der Waals surface area contributed by atoms with Crippen molar-refractivity contribution >= 4 is 11.6 Å². The second kappa shape index (κ2) is 7.41. The first kappa shape index (κ1) is 15.0. The molecule has 1 fully saturated rings. The van der Waals surface area contributed by atoms with E-state index in [1.807, 2.05) is 44.3 Å². The van der Waals surface area contributed by atoms with Gasteiger partial charge in [0.1, 0.15) is 0 Å². The molecule has 110 valence electrons. The minimum Gasteiger partial charge on any atom is -0.325 e. The molecule has 2 atom stereocenters. The molecule has 2 N–H and O–H groups in total. The highest BCUT2D eigenvalue weighted by atomic mass is 16.2. The summed E-state index contributed by atoms with van der Waals surface area (Å²) in [6.45, 7) is 3.96. The standard InChI is InChI=1S/C16H25N3O/c1-13(16(20)18-14-8-4-3-5-9-14)19-11-7-6-10-15(19)12-17-2/h3-5,8-9,13,15,17H,6-7,10-12H2,1-2H3,(H,18,20). The molecule has 0 saturated carbocycles. The number of nitrogens with one attached hydrogen (secondary N) is 2. The summed E-state index contributed by atoms with van der Waals surface area (Å²) in [5.74, 6) is 0.0826. The summed E-state index contributed by atoms with van der Waals surface area (Å²) in [5.41, 5.74) is 0.867. The van der Waals surface area contributed by atoms with E-state index >= 15 is 0 Å². The lowest BCUT2D eigenvalue weighted by Gasteiger charge is -2.39. The fourth-order valence-electron chi connectivity index (χ4n) is 2.91. The van der Waals surface area contributed by atoms with E-state index in [0.717, 1.165) is 18.8 Å². The highest BCUT2D eigenvalue weighted by molar-refractivity contribution is 5.94. The van der Waals surface area contributed by atoms with Crippen molar-refractivity contribution < 1.29 is 4.79 Å². The lowest BCUT2D eigenvalue weighted by atomic mass is 9.99. The van der Waals surface area contributed by atoms with Gasteiger partial charge in [0.25, 0.3) is 0 Å². The van der Waals surface area contributed by atoms with Crippen molar-refractivity contribution in [1.29, 1.82) is 0 Å². The molecule has 0 aliphatic carbocycles. The molecule has 0 radical (unpaired) electrons. The summed E-state index contributed by atoms with van der Waals surface area (Å²) in [6, 6.07) is 10.0. The van der Waals surface area contributed by atoms with Crippen LogP contribution in [0, 0.1) is 0 Å². The molecule has 0 aromatic heterocycles. The van der Waals surface area contributed by atoms with Crippen LogP contribution < -0.4 is 10.6 Å². The van der Waals surface area contributed by atoms with Crippen molar-refractivity contribution in [3.05, 3.63) is 30.3 Å². The molecule has 1 heterocycles. The summed E-state index contributed by atoms with van der Waals surface area (Å²) >= 11 is 0. The van der Waals surface area contributed by atoms with Gasteiger partial charge in [-0.2, -0.15) is 0 Å². The Labute approximate surface area is 121 Å². The van der Waals surface area contributed by atoms with Gasteiger partial charge in [-0.3, -0.25) is 9.69 Å². The zero-order chi connectivity index (χ0) is 14.4. The van der Waals surface area contributed by atoms with Gasteiger partial charge in [0.15, 0.2) is 0 Å². The average molecular weight is 275 g/mol. The second-order valence-electron chi connectivity index (χ2n) is 5.48. The quantitative estimate of drug-likeness (QED) is 0.865. The minimum absolute atomic E-state index is 0.0826. The number of benzene rings is 1. The van der Waals surface area contributed by atoms with Crippen molar-refractivity contribution in [2.75, 3.05) is 25.5 Å². The molecule has 1 saturated heterocycles. The molecule has 1 aromatic rings. The Morgan fingerprint density at radius 1 is 1.35 bits per heavy atom. The van der Waals surface area contributed by atoms with Crippen LogP contribution in [-0.4, -0.2) is 43.0 Å². The van der Waals surface area contributed by atoms with Gasteiger partial charge < -0.3 is 10.6 Å². The zero-order valence-electron chi connectivity index (χ0n) is 12.4. The maximum absolute atomic E-state index is 12.4. The molecule has 1 amide bonds. The largest absolute Gasteiger partial charge is 0.325 e. The van der Waals surface area contributed by atoms with Crippen LogP contribution in [0.1, 0.15) is 26.2 Å². The second-order valence-corrected chi connectivity index (χ2v) is 5.48. The summed E-state index contributed by atoms with van der Waals surface area (Å²) in [6.07, 6.45) is 3.61. The van der Waals surface area contributed by atoms with Crippen molar-refractivity contribution in [2.45, 2.75) is 38.3 Å². The predicted octanol–water partition coefficient (Wildman–Crippen LogP) is 2.09. The summed E-state index contributed by atoms with van der Waals surface area (Å²) in [5, 5.41) is 6.24. The van der Waals surface area contributed by atoms with Gasteiger partial charge in [0.2, 0.25) is 5.91 Å². The number of rotatable bonds is 5. The molecule has 2 unspecified atom stereocenters. The molecule has 0 bridgehead atoms. The molecule has 1 aliphatic heterocycles. The normalized spacial score (nSPS) is 21.4. The number of para-hydroxylation sites is 1. The molecule has 4 nitrogen and oxygen atoms in total. The number of anilines is 1. The fraction of sp³-hybridized carbons (Fsp3) is 0.562. The number of nitrogens with zero attached hydrogens (tertiary/aromatic N) is 1. The van der Waals surface area contributed by atoms with Crippen molar-refractivity contribution in [2.24, 2.45) is 0 Å². The van der Waals surface area contributed by atoms with E-state index < -0.39 is 0 Å². The Balaban J connectivity index is 1.97. The van der Waals surface area contributed by atoms with Crippen LogP contribution in [0.5, 0.6) is 0 Å². The third kappa shape index (κ3) is 3.81. The number of carbonyl (C=O) groups excluding carboxylic acids is 1. The molecular weight excluding hydrogens is 250 g/mol. The first-order valence-corrected chi connectivity index (χ1v) is 7.48. The Morgan fingerprint density at radius 2 is 2.10 bits per heavy atom. The molecule has 2 rings (SSSR count). The molecular formula is C16H25N3O. The van der Waals surface area contributed by atoms with Crippen LogP contribution in [-0.2, 0) is 4.79 Å². The average Bonchev–Trinajstić information content (AvgIpc) is 2.48. The molecule has 4 heteroatoms. The Morgan fingerprint density at radius 3 is 2.80 bits per heavy atom. The zero-order valence-corrected chi connectivity index (χ0v) is 12.4. The van der Waals surface area contributed by atoms with Gasteiger partial charge in [0, 0.05) is 18.3 Å². The van der Waals surface area contributed by atoms with Gasteiger partial charge in [-0.1, -0.05) is 24.6 Å². The van der Waals surface area contributed by atoms with Gasteiger partial charge in [0.05, 0.1) is 6.04 Å². The lowest BCUT2D eigenvalue weighted by molar-refractivity contribution is -0.122. The van der Waals surface area contributed by atoms with E-state index in [1.54, 1.807) is 0 Å². The first-order valence-electron chi connectivity index (χ1n) is 7.48. The summed E-state index contributed by atoms with van der Waals surface area (Å²) in [7, 11) is 1.97. The third-order valence-corrected chi connectivity index (χ3v) is 4.03. The number of hydrogen-bond acceptors (Lipinski definition) is 3. The monoisotopic (exact) mass is 275 g/mol. The number of carbonyl (C=O) groups is 1. The van der Waals surface area contributed by atoms with Gasteiger partial charge in [-0.05, 0) is 45.5 Å². The van der Waals surface area contributed by atoms with Crippen LogP contribution in [0.3, 0.4) is 0 Å². The molecule has 1 aliphatic rings. The first-order chi connectivity index (χ1) is 9.72. The smallest absolute Gasteiger partial charge is 0.241 e. The minimum atomic E-state index is -0.0890. The maximum atomic E-state index is 12.4. The predicted molar refractivity (Wildman–Crippen MR) is 82.8 cm³/mol. The van der Waals surface area contributed by atoms with Crippen LogP contribution in [0.2, 0.25) is 0 Å². The van der Waals surface area contributed by atoms with Crippen LogP contribution in [0.15, 0.2) is 30.3 Å². The number of likely N-dealkylation sites (tertiary alicyclic amines) is 1. The van der Waals surface area contributed by atoms with Gasteiger partial charge in [-0.25, -0.2) is 0 Å². The van der Waals surface area contributed by atoms with Crippen molar-refractivity contribution in [1.82, 2.24) is 10.2 Å². The number of piperidine rings is 1. The number of likely N-dealkylation sites (N-methyl/N-ethyl adjacent to an activating group) is 1. The highest BCUT2D eigenvalue weighted by Crippen LogP contribution is 2.20. The lowest BCUT2D eigenvalue weighted by Crippen LogP contribution is -2.52. The van der Waals surface area contributed by atoms with E-state index in [0.29, 0.717) is 6.04 Å². The van der Waals surface area contributed by atoms with E-state index in [1.165, 1.54) is 19.3 Å². The fourth-order valence-corrected chi connectivity index (χ4v) is 2.91. The van der Waals surface area contributed by atoms with E-state index in [4.69, 9.17) is 0 Å². The number of amides is 1. The van der Waals surface area contributed by atoms with Crippen LogP contribution in [0.4, 0.5) is 5.69 Å². The third-order valence-electron chi connectivity index (χ3n) is 4.03. The van der Waals surface area contributed by atoms with E-state index in [2.05, 4.69) is 15.5 Å². The molecule has 1 aromatic carbocycles. The Bertz CT molecular complexity index is 419. The van der Waals surface area contributed by atoms with Gasteiger partial charge in [-0.15, -0.1) is 0 Å². The Hall–Kier alpha value is -1.39. The molecule has 20 heavy (non-hydrogen) atoms. The van der Waals surface area contributed by atoms with Crippen molar-refractivity contribution in [3.8, 4) is 0 Å². The topological polar surface area (TPSA) is 44.4 Å².